The van der Waals surface area contributed by atoms with Crippen molar-refractivity contribution in [3.05, 3.63) is 6.92 Å². The van der Waals surface area contributed by atoms with Gasteiger partial charge in [-0.05, 0) is 5.92 Å². The van der Waals surface area contributed by atoms with Crippen molar-refractivity contribution in [1.82, 2.24) is 0 Å². The Morgan fingerprint density at radius 2 is 1.07 bits per heavy atom. The highest BCUT2D eigenvalue weighted by Crippen LogP contribution is 2.13. The van der Waals surface area contributed by atoms with E-state index in [0.29, 0.717) is 0 Å². The molecule has 0 aromatic heterocycles. The predicted octanol–water partition coefficient (Wildman–Crippen LogP) is 5.77. The summed E-state index contributed by atoms with van der Waals surface area (Å²) in [5.41, 5.74) is 0. The number of hydrogen-bond acceptors (Lipinski definition) is 0. The topological polar surface area (TPSA) is 0 Å². The summed E-state index contributed by atoms with van der Waals surface area (Å²) in [6.07, 6.45) is 15.4. The van der Waals surface area contributed by atoms with Gasteiger partial charge in [0.2, 0.25) is 0 Å². The van der Waals surface area contributed by atoms with E-state index in [0.717, 1.165) is 12.3 Å². The summed E-state index contributed by atoms with van der Waals surface area (Å²) < 4.78 is 0. The van der Waals surface area contributed by atoms with Crippen LogP contribution in [0.4, 0.5) is 0 Å². The number of unbranched alkanes of at least 4 members (excludes halogenated alkanes) is 9. The quantitative estimate of drug-likeness (QED) is 0.381. The lowest BCUT2D eigenvalue weighted by Gasteiger charge is -2.04. The average molecular weight is 211 g/mol. The third-order valence-electron chi connectivity index (χ3n) is 3.03. The molecule has 0 saturated heterocycles. The van der Waals surface area contributed by atoms with Crippen LogP contribution >= 0.6 is 0 Å². The van der Waals surface area contributed by atoms with E-state index in [-0.39, 0.29) is 0 Å². The summed E-state index contributed by atoms with van der Waals surface area (Å²) in [5.74, 6) is 0.896. The van der Waals surface area contributed by atoms with Crippen molar-refractivity contribution < 1.29 is 0 Å². The molecule has 0 fully saturated rings. The lowest BCUT2D eigenvalue weighted by molar-refractivity contribution is 0.506. The molecule has 0 spiro atoms. The maximum Gasteiger partial charge on any atom is -0.0471 e. The molecule has 1 radical (unpaired) electrons. The molecule has 0 aliphatic carbocycles. The molecule has 0 unspecified atom stereocenters. The Labute approximate surface area is 97.8 Å². The molecular formula is C15H31. The first kappa shape index (κ1) is 15.0. The van der Waals surface area contributed by atoms with Crippen LogP contribution in [-0.4, -0.2) is 0 Å². The number of rotatable bonds is 11. The molecular weight excluding hydrogens is 180 g/mol. The van der Waals surface area contributed by atoms with E-state index in [9.17, 15) is 0 Å². The first-order chi connectivity index (χ1) is 7.27. The van der Waals surface area contributed by atoms with Crippen molar-refractivity contribution in [2.75, 3.05) is 0 Å². The van der Waals surface area contributed by atoms with E-state index in [4.69, 9.17) is 0 Å². The molecule has 0 N–H and O–H groups in total. The molecule has 0 heterocycles. The molecule has 0 aliphatic rings. The van der Waals surface area contributed by atoms with E-state index < -0.39 is 0 Å². The van der Waals surface area contributed by atoms with Crippen LogP contribution in [0.2, 0.25) is 0 Å². The highest BCUT2D eigenvalue weighted by Gasteiger charge is 1.94. The molecule has 0 saturated carbocycles. The fraction of sp³-hybridized carbons (Fsp3) is 0.933. The van der Waals surface area contributed by atoms with Crippen LogP contribution < -0.4 is 0 Å². The highest BCUT2D eigenvalue weighted by atomic mass is 14.0. The zero-order valence-electron chi connectivity index (χ0n) is 11.1. The van der Waals surface area contributed by atoms with Crippen LogP contribution in [0.15, 0.2) is 0 Å². The molecule has 0 nitrogen and oxygen atoms in total. The van der Waals surface area contributed by atoms with E-state index in [1.165, 1.54) is 64.2 Å². The summed E-state index contributed by atoms with van der Waals surface area (Å²) in [6.45, 7) is 8.51. The predicted molar refractivity (Wildman–Crippen MR) is 71.0 cm³/mol. The Morgan fingerprint density at radius 3 is 1.47 bits per heavy atom. The zero-order chi connectivity index (χ0) is 11.4. The Morgan fingerprint density at radius 1 is 0.667 bits per heavy atom. The molecule has 0 aromatic rings. The lowest BCUT2D eigenvalue weighted by Crippen LogP contribution is -1.87. The van der Waals surface area contributed by atoms with Gasteiger partial charge in [0.1, 0.15) is 0 Å². The van der Waals surface area contributed by atoms with Gasteiger partial charge in [0.05, 0.1) is 0 Å². The Kier molecular flexibility index (Phi) is 12.1. The minimum Gasteiger partial charge on any atom is -0.0628 e. The fourth-order valence-electron chi connectivity index (χ4n) is 1.97. The molecule has 15 heavy (non-hydrogen) atoms. The van der Waals surface area contributed by atoms with Crippen LogP contribution in [0.5, 0.6) is 0 Å². The monoisotopic (exact) mass is 211 g/mol. The lowest BCUT2D eigenvalue weighted by atomic mass is 10.0. The second-order valence-electron chi connectivity index (χ2n) is 5.22. The van der Waals surface area contributed by atoms with Crippen molar-refractivity contribution in [2.45, 2.75) is 84.5 Å². The van der Waals surface area contributed by atoms with Gasteiger partial charge in [-0.3, -0.25) is 0 Å². The summed E-state index contributed by atoms with van der Waals surface area (Å²) in [5, 5.41) is 0. The van der Waals surface area contributed by atoms with Crippen LogP contribution in [0, 0.1) is 12.8 Å². The largest absolute Gasteiger partial charge is 0.0628 e. The van der Waals surface area contributed by atoms with Gasteiger partial charge in [0.15, 0.2) is 0 Å². The summed E-state index contributed by atoms with van der Waals surface area (Å²) >= 11 is 0. The standard InChI is InChI=1S/C15H31/c1-4-5-6-7-8-9-10-11-12-13-14-15(2)3/h15H,1,4-14H2,2-3H3. The van der Waals surface area contributed by atoms with Crippen LogP contribution in [-0.2, 0) is 0 Å². The molecule has 91 valence electrons. The van der Waals surface area contributed by atoms with E-state index >= 15 is 0 Å². The highest BCUT2D eigenvalue weighted by molar-refractivity contribution is 4.50. The van der Waals surface area contributed by atoms with E-state index in [1.807, 2.05) is 0 Å². The minimum atomic E-state index is 0.896. The second kappa shape index (κ2) is 12.1. The minimum absolute atomic E-state index is 0.896. The van der Waals surface area contributed by atoms with Crippen LogP contribution in [0.25, 0.3) is 0 Å². The summed E-state index contributed by atoms with van der Waals surface area (Å²) in [6, 6.07) is 0. The van der Waals surface area contributed by atoms with Crippen molar-refractivity contribution in [3.63, 3.8) is 0 Å². The normalized spacial score (nSPS) is 11.2. The molecule has 0 atom stereocenters. The Hall–Kier alpha value is 0. The maximum absolute atomic E-state index is 3.87. The third-order valence-corrected chi connectivity index (χ3v) is 3.03. The fourth-order valence-corrected chi connectivity index (χ4v) is 1.97. The molecule has 0 heteroatoms. The zero-order valence-corrected chi connectivity index (χ0v) is 11.1. The van der Waals surface area contributed by atoms with Gasteiger partial charge in [-0.15, -0.1) is 0 Å². The van der Waals surface area contributed by atoms with Crippen molar-refractivity contribution >= 4 is 0 Å². The van der Waals surface area contributed by atoms with Gasteiger partial charge in [-0.25, -0.2) is 0 Å². The van der Waals surface area contributed by atoms with Gasteiger partial charge in [-0.1, -0.05) is 91.4 Å². The Bertz CT molecular complexity index is 105. The van der Waals surface area contributed by atoms with Crippen molar-refractivity contribution in [1.29, 1.82) is 0 Å². The smallest absolute Gasteiger partial charge is 0.0471 e. The van der Waals surface area contributed by atoms with Crippen molar-refractivity contribution in [2.24, 2.45) is 5.92 Å². The molecule has 0 aromatic carbocycles. The average Bonchev–Trinajstić information content (AvgIpc) is 2.20. The van der Waals surface area contributed by atoms with Gasteiger partial charge in [0.25, 0.3) is 0 Å². The first-order valence-electron chi connectivity index (χ1n) is 7.06. The molecule has 0 amide bonds. The third kappa shape index (κ3) is 14.0. The molecule has 0 aliphatic heterocycles. The van der Waals surface area contributed by atoms with Gasteiger partial charge in [-0.2, -0.15) is 0 Å². The van der Waals surface area contributed by atoms with Crippen molar-refractivity contribution in [3.8, 4) is 0 Å². The SMILES string of the molecule is [CH2]CCCCCCCCCCCC(C)C. The van der Waals surface area contributed by atoms with Gasteiger partial charge in [0, 0.05) is 0 Å². The van der Waals surface area contributed by atoms with E-state index in [2.05, 4.69) is 20.8 Å². The molecule has 0 rings (SSSR count). The van der Waals surface area contributed by atoms with Crippen LogP contribution in [0.3, 0.4) is 0 Å². The molecule has 0 bridgehead atoms. The van der Waals surface area contributed by atoms with E-state index in [1.54, 1.807) is 0 Å². The number of hydrogen-bond donors (Lipinski definition) is 0. The second-order valence-corrected chi connectivity index (χ2v) is 5.22. The summed E-state index contributed by atoms with van der Waals surface area (Å²) in [7, 11) is 0. The van der Waals surface area contributed by atoms with Gasteiger partial charge >= 0.3 is 0 Å². The Balaban J connectivity index is 2.87. The summed E-state index contributed by atoms with van der Waals surface area (Å²) in [4.78, 5) is 0. The first-order valence-corrected chi connectivity index (χ1v) is 7.06. The van der Waals surface area contributed by atoms with Crippen LogP contribution in [0.1, 0.15) is 84.5 Å². The van der Waals surface area contributed by atoms with Gasteiger partial charge < -0.3 is 0 Å². The maximum atomic E-state index is 3.87.